The molecule has 4 saturated heterocycles. The van der Waals surface area contributed by atoms with Crippen LogP contribution in [0.3, 0.4) is 0 Å². The van der Waals surface area contributed by atoms with Gasteiger partial charge in [0.15, 0.2) is 10.8 Å². The lowest BCUT2D eigenvalue weighted by Gasteiger charge is -2.53. The Morgan fingerprint density at radius 1 is 0.330 bits per heavy atom. The van der Waals surface area contributed by atoms with Crippen LogP contribution < -0.4 is 0 Å². The largest absolute Gasteiger partial charge is 0.466 e. The van der Waals surface area contributed by atoms with Gasteiger partial charge in [-0.1, -0.05) is 39.5 Å². The van der Waals surface area contributed by atoms with E-state index in [1.807, 2.05) is 102 Å². The minimum Gasteiger partial charge on any atom is -0.466 e. The van der Waals surface area contributed by atoms with Crippen molar-refractivity contribution in [3.8, 4) is 0 Å². The number of unbranched alkanes of at least 4 members (excludes halogenated alkanes) is 2. The summed E-state index contributed by atoms with van der Waals surface area (Å²) in [4.78, 5) is 89.6. The Hall–Kier alpha value is -3.66. The molecule has 564 valence electrons. The number of rotatable bonds is 42. The van der Waals surface area contributed by atoms with Crippen molar-refractivity contribution in [1.29, 1.82) is 0 Å². The number of ether oxygens (including phenoxy) is 10. The molecule has 1 atom stereocenters. The van der Waals surface area contributed by atoms with Crippen molar-refractivity contribution in [3.05, 3.63) is 0 Å². The van der Waals surface area contributed by atoms with E-state index in [9.17, 15) is 44.4 Å². The van der Waals surface area contributed by atoms with E-state index in [4.69, 9.17) is 52.2 Å². The van der Waals surface area contributed by atoms with Crippen molar-refractivity contribution in [2.45, 2.75) is 347 Å². The van der Waals surface area contributed by atoms with Gasteiger partial charge in [0.2, 0.25) is 0 Å². The lowest BCUT2D eigenvalue weighted by atomic mass is 9.78. The van der Waals surface area contributed by atoms with Gasteiger partial charge in [-0.15, -0.1) is 0 Å². The van der Waals surface area contributed by atoms with Crippen LogP contribution in [0.4, 0.5) is 0 Å². The zero-order chi connectivity index (χ0) is 72.9. The van der Waals surface area contributed by atoms with Crippen LogP contribution in [-0.4, -0.2) is 214 Å². The van der Waals surface area contributed by atoms with Gasteiger partial charge in [-0.05, 0) is 201 Å². The second-order valence-corrected chi connectivity index (χ2v) is 33.0. The molecule has 0 aromatic heterocycles. The van der Waals surface area contributed by atoms with Crippen LogP contribution in [0.5, 0.6) is 0 Å². The molecule has 4 heterocycles. The van der Waals surface area contributed by atoms with E-state index < -0.39 is 79.9 Å². The fraction of sp³-hybridized carbons (Fsp3) is 0.918. The molecule has 4 fully saturated rings. The van der Waals surface area contributed by atoms with Crippen molar-refractivity contribution < 1.29 is 96.6 Å². The monoisotopic (exact) mass is 1380 g/mol. The SMILES string of the molecule is CCCCC(CCCOC(=O)CCC(=O)OCCCC(CCCC)(C(=O)OCCCOC1CC(C)(C)N(O)C(C)(C)C1)C(=O)OCCCOC1CC(C)(C)N(OC)C(C)(C)C1)(C(=O)OCCCOC1CC(C)(C)N(O)C(C)(C)C1)C(=O)OCCCOC1CC(C)(C)N(O)C(C)(C)C1. The molecule has 0 aliphatic carbocycles. The molecule has 4 rings (SSSR count). The second-order valence-electron chi connectivity index (χ2n) is 33.0. The van der Waals surface area contributed by atoms with Crippen LogP contribution in [0.1, 0.15) is 279 Å². The lowest BCUT2D eigenvalue weighted by Crippen LogP contribution is -2.61. The predicted molar refractivity (Wildman–Crippen MR) is 364 cm³/mol. The third-order valence-electron chi connectivity index (χ3n) is 20.1. The molecular formula is C73H132N4O20. The summed E-state index contributed by atoms with van der Waals surface area (Å²) in [6.07, 6.45) is 8.31. The Kier molecular flexibility index (Phi) is 33.1. The summed E-state index contributed by atoms with van der Waals surface area (Å²) in [5, 5.41) is 38.5. The maximum atomic E-state index is 14.4. The molecule has 0 saturated carbocycles. The zero-order valence-electron chi connectivity index (χ0n) is 63.4. The van der Waals surface area contributed by atoms with Gasteiger partial charge in [0, 0.05) is 70.0 Å². The Balaban J connectivity index is 1.35. The molecule has 0 bridgehead atoms. The average molecular weight is 1390 g/mol. The molecule has 0 spiro atoms. The zero-order valence-corrected chi connectivity index (χ0v) is 63.4. The van der Waals surface area contributed by atoms with Crippen LogP contribution in [-0.2, 0) is 81.0 Å². The van der Waals surface area contributed by atoms with Gasteiger partial charge in [-0.25, -0.2) is 0 Å². The van der Waals surface area contributed by atoms with E-state index in [1.165, 1.54) is 15.2 Å². The van der Waals surface area contributed by atoms with Crippen LogP contribution in [0.25, 0.3) is 0 Å². The molecule has 3 N–H and O–H groups in total. The van der Waals surface area contributed by atoms with E-state index in [1.54, 1.807) is 7.11 Å². The predicted octanol–water partition coefficient (Wildman–Crippen LogP) is 12.4. The van der Waals surface area contributed by atoms with Gasteiger partial charge >= 0.3 is 35.8 Å². The Morgan fingerprint density at radius 3 is 0.773 bits per heavy atom. The van der Waals surface area contributed by atoms with E-state index in [2.05, 4.69) is 27.7 Å². The van der Waals surface area contributed by atoms with E-state index in [0.29, 0.717) is 116 Å². The first-order chi connectivity index (χ1) is 45.1. The Morgan fingerprint density at radius 2 is 0.546 bits per heavy atom. The third kappa shape index (κ3) is 25.1. The number of nitrogens with zero attached hydrogens (tertiary/aromatic N) is 4. The highest BCUT2D eigenvalue weighted by Gasteiger charge is 2.52. The van der Waals surface area contributed by atoms with Crippen molar-refractivity contribution in [1.82, 2.24) is 20.3 Å². The van der Waals surface area contributed by atoms with Crippen LogP contribution in [0.15, 0.2) is 0 Å². The first-order valence-corrected chi connectivity index (χ1v) is 36.4. The van der Waals surface area contributed by atoms with Crippen LogP contribution >= 0.6 is 0 Å². The molecule has 1 unspecified atom stereocenters. The van der Waals surface area contributed by atoms with Gasteiger partial charge in [-0.3, -0.25) is 28.8 Å². The normalized spacial score (nSPS) is 22.1. The first kappa shape index (κ1) is 85.8. The number of carbonyl (C=O) groups is 6. The quantitative estimate of drug-likeness (QED) is 0.0222. The number of esters is 6. The molecular weight excluding hydrogens is 1250 g/mol. The number of hydroxylamine groups is 8. The summed E-state index contributed by atoms with van der Waals surface area (Å²) >= 11 is 0. The molecule has 0 aromatic rings. The molecule has 4 aliphatic heterocycles. The Labute approximate surface area is 581 Å². The number of hydrogen-bond acceptors (Lipinski definition) is 24. The standard InChI is InChI=1S/C73H132N4O20/c1-20-22-32-72(60(80)94-42-26-38-88-54-46-64(3,4)74(84)65(5,6)47-54,61(81)95-43-27-39-89-55-48-66(7,8)75(85)67(9,10)49-55)34-24-36-92-58(78)30-31-59(79)93-37-25-35-73(33-23-21-2,62(82)96-44-28-40-90-56-50-68(11,12)76(86)69(13,14)51-56)63(83)97-45-29-41-91-57-52-70(15,16)77(87-19)71(17,18)53-57/h54-57,84-86H,20-53H2,1-19H3. The van der Waals surface area contributed by atoms with Crippen molar-refractivity contribution in [2.24, 2.45) is 10.8 Å². The van der Waals surface area contributed by atoms with Crippen molar-refractivity contribution >= 4 is 35.8 Å². The van der Waals surface area contributed by atoms with Gasteiger partial charge in [0.25, 0.3) is 0 Å². The number of piperidine rings is 4. The minimum atomic E-state index is -1.71. The smallest absolute Gasteiger partial charge is 0.323 e. The number of carbonyl (C=O) groups excluding carboxylic acids is 6. The van der Waals surface area contributed by atoms with Crippen molar-refractivity contribution in [2.75, 3.05) is 73.2 Å². The van der Waals surface area contributed by atoms with Gasteiger partial charge < -0.3 is 67.8 Å². The maximum Gasteiger partial charge on any atom is 0.323 e. The molecule has 24 nitrogen and oxygen atoms in total. The first-order valence-electron chi connectivity index (χ1n) is 36.4. The molecule has 0 radical (unpaired) electrons. The Bertz CT molecular complexity index is 2330. The fourth-order valence-corrected chi connectivity index (χ4v) is 15.8. The van der Waals surface area contributed by atoms with Crippen LogP contribution in [0, 0.1) is 10.8 Å². The second kappa shape index (κ2) is 37.5. The summed E-state index contributed by atoms with van der Waals surface area (Å²) in [6.45, 7) is 36.8. The van der Waals surface area contributed by atoms with Gasteiger partial charge in [0.1, 0.15) is 0 Å². The molecule has 0 amide bonds. The van der Waals surface area contributed by atoms with Gasteiger partial charge in [-0.2, -0.15) is 20.3 Å². The van der Waals surface area contributed by atoms with E-state index in [-0.39, 0.29) is 127 Å². The average Bonchev–Trinajstić information content (AvgIpc) is 0.814. The fourth-order valence-electron chi connectivity index (χ4n) is 15.8. The van der Waals surface area contributed by atoms with E-state index >= 15 is 0 Å². The summed E-state index contributed by atoms with van der Waals surface area (Å²) in [5.41, 5.74) is -6.98. The molecule has 97 heavy (non-hydrogen) atoms. The lowest BCUT2D eigenvalue weighted by molar-refractivity contribution is -0.280. The minimum absolute atomic E-state index is 0.00471. The van der Waals surface area contributed by atoms with Crippen molar-refractivity contribution in [3.63, 3.8) is 0 Å². The highest BCUT2D eigenvalue weighted by Crippen LogP contribution is 2.43. The van der Waals surface area contributed by atoms with E-state index in [0.717, 1.165) is 12.8 Å². The maximum absolute atomic E-state index is 14.4. The summed E-state index contributed by atoms with van der Waals surface area (Å²) in [7, 11) is 1.68. The molecule has 24 heteroatoms. The summed E-state index contributed by atoms with van der Waals surface area (Å²) in [5.74, 6) is -4.31. The molecule has 0 aromatic carbocycles. The third-order valence-corrected chi connectivity index (χ3v) is 20.1. The van der Waals surface area contributed by atoms with Gasteiger partial charge in [0.05, 0.1) is 110 Å². The highest BCUT2D eigenvalue weighted by molar-refractivity contribution is 6.00. The topological polar surface area (TPSA) is 278 Å². The number of hydrogen-bond donors (Lipinski definition) is 3. The molecule has 4 aliphatic rings. The van der Waals surface area contributed by atoms with Crippen LogP contribution in [0.2, 0.25) is 0 Å². The summed E-state index contributed by atoms with van der Waals surface area (Å²) in [6, 6.07) is 0. The summed E-state index contributed by atoms with van der Waals surface area (Å²) < 4.78 is 59.8. The highest BCUT2D eigenvalue weighted by atomic mass is 16.7.